The van der Waals surface area contributed by atoms with Crippen LogP contribution in [0.4, 0.5) is 17.1 Å². The Morgan fingerprint density at radius 2 is 0.964 bits per heavy atom. The second-order valence-electron chi connectivity index (χ2n) is 14.0. The summed E-state index contributed by atoms with van der Waals surface area (Å²) in [5, 5.41) is 7.30. The fourth-order valence-electron chi connectivity index (χ4n) is 8.31. The first-order valence-corrected chi connectivity index (χ1v) is 19.5. The van der Waals surface area contributed by atoms with Gasteiger partial charge >= 0.3 is 0 Å². The molecular weight excluding hydrogens is 687 g/mol. The maximum absolute atomic E-state index is 6.45. The van der Waals surface area contributed by atoms with E-state index in [-0.39, 0.29) is 0 Å². The quantitative estimate of drug-likeness (QED) is 0.170. The highest BCUT2D eigenvalue weighted by Gasteiger charge is 2.21. The Morgan fingerprint density at radius 3 is 1.84 bits per heavy atom. The summed E-state index contributed by atoms with van der Waals surface area (Å²) in [6.45, 7) is 0. The zero-order valence-corrected chi connectivity index (χ0v) is 30.6. The third-order valence-electron chi connectivity index (χ3n) is 10.9. The van der Waals surface area contributed by atoms with Gasteiger partial charge in [0.1, 0.15) is 11.2 Å². The van der Waals surface area contributed by atoms with Crippen LogP contribution in [0.2, 0.25) is 0 Å². The molecule has 2 nitrogen and oxygen atoms in total. The molecular formula is C52H33NOS. The Kier molecular flexibility index (Phi) is 7.39. The highest BCUT2D eigenvalue weighted by atomic mass is 32.1. The maximum Gasteiger partial charge on any atom is 0.143 e. The van der Waals surface area contributed by atoms with Gasteiger partial charge in [-0.15, -0.1) is 11.3 Å². The predicted molar refractivity (Wildman–Crippen MR) is 235 cm³/mol. The summed E-state index contributed by atoms with van der Waals surface area (Å²) in [6, 6.07) is 72.1. The molecule has 55 heavy (non-hydrogen) atoms. The van der Waals surface area contributed by atoms with Gasteiger partial charge in [-0.3, -0.25) is 0 Å². The van der Waals surface area contributed by atoms with E-state index in [2.05, 4.69) is 193 Å². The van der Waals surface area contributed by atoms with Crippen molar-refractivity contribution in [2.75, 3.05) is 4.90 Å². The van der Waals surface area contributed by atoms with Crippen LogP contribution >= 0.6 is 11.3 Å². The number of fused-ring (bicyclic) bond motifs is 7. The van der Waals surface area contributed by atoms with E-state index in [0.29, 0.717) is 0 Å². The molecule has 258 valence electrons. The molecule has 0 aliphatic rings. The minimum Gasteiger partial charge on any atom is -0.455 e. The summed E-state index contributed by atoms with van der Waals surface area (Å²) >= 11 is 1.88. The molecule has 0 unspecified atom stereocenters. The lowest BCUT2D eigenvalue weighted by Crippen LogP contribution is -2.10. The van der Waals surface area contributed by atoms with Gasteiger partial charge in [-0.05, 0) is 75.0 Å². The topological polar surface area (TPSA) is 16.4 Å². The molecule has 0 saturated heterocycles. The third kappa shape index (κ3) is 5.24. The van der Waals surface area contributed by atoms with Crippen LogP contribution in [0.25, 0.3) is 86.3 Å². The molecule has 0 aliphatic carbocycles. The SMILES string of the molecule is c1ccc(-c2cccc3c2sc2c(N(c4ccc(-c5cccc6c5oc5ccccc56)cc4)c4cccc(-c5cccc6ccccc56)c4)cccc23)cc1. The van der Waals surface area contributed by atoms with Gasteiger partial charge < -0.3 is 9.32 Å². The van der Waals surface area contributed by atoms with Crippen LogP contribution in [-0.4, -0.2) is 0 Å². The minimum atomic E-state index is 0.908. The maximum atomic E-state index is 6.45. The molecule has 0 saturated carbocycles. The molecule has 0 N–H and O–H groups in total. The molecule has 11 aromatic rings. The number of rotatable bonds is 6. The van der Waals surface area contributed by atoms with Gasteiger partial charge in [0.2, 0.25) is 0 Å². The number of hydrogen-bond acceptors (Lipinski definition) is 3. The third-order valence-corrected chi connectivity index (χ3v) is 12.2. The lowest BCUT2D eigenvalue weighted by molar-refractivity contribution is 0.670. The first kappa shape index (κ1) is 31.6. The summed E-state index contributed by atoms with van der Waals surface area (Å²) in [6.07, 6.45) is 0. The number of hydrogen-bond donors (Lipinski definition) is 0. The van der Waals surface area contributed by atoms with E-state index in [0.717, 1.165) is 50.1 Å². The number of para-hydroxylation sites is 2. The fourth-order valence-corrected chi connectivity index (χ4v) is 9.65. The van der Waals surface area contributed by atoms with Crippen LogP contribution in [0.15, 0.2) is 205 Å². The molecule has 0 aliphatic heterocycles. The van der Waals surface area contributed by atoms with E-state index in [9.17, 15) is 0 Å². The van der Waals surface area contributed by atoms with Crippen molar-refractivity contribution in [1.82, 2.24) is 0 Å². The van der Waals surface area contributed by atoms with Crippen LogP contribution in [0.5, 0.6) is 0 Å². The minimum absolute atomic E-state index is 0.908. The first-order chi connectivity index (χ1) is 27.3. The second-order valence-corrected chi connectivity index (χ2v) is 15.1. The number of benzene rings is 9. The van der Waals surface area contributed by atoms with E-state index in [1.165, 1.54) is 53.2 Å². The number of thiophene rings is 1. The predicted octanol–water partition coefficient (Wildman–Crippen LogP) is 15.6. The standard InChI is InChI=1S/C52H33NOS/c1-2-13-35(14-3-1)43-23-11-25-46-47-26-12-27-48(52(47)55-51(43)46)53(39-18-8-17-37(33-39)41-21-9-16-34-15-4-5-19-40(34)41)38-31-29-36(30-32-38)42-22-10-24-45-44-20-6-7-28-49(44)54-50(42)45/h1-33H. The molecule has 0 bridgehead atoms. The Labute approximate surface area is 322 Å². The van der Waals surface area contributed by atoms with Gasteiger partial charge in [0, 0.05) is 43.2 Å². The van der Waals surface area contributed by atoms with Crippen molar-refractivity contribution in [1.29, 1.82) is 0 Å². The van der Waals surface area contributed by atoms with Crippen LogP contribution in [0.3, 0.4) is 0 Å². The lowest BCUT2D eigenvalue weighted by atomic mass is 9.97. The van der Waals surface area contributed by atoms with Crippen molar-refractivity contribution in [2.24, 2.45) is 0 Å². The molecule has 2 heterocycles. The average molecular weight is 720 g/mol. The Bertz CT molecular complexity index is 3200. The highest BCUT2D eigenvalue weighted by molar-refractivity contribution is 7.27. The van der Waals surface area contributed by atoms with Crippen molar-refractivity contribution in [3.05, 3.63) is 200 Å². The van der Waals surface area contributed by atoms with E-state index in [1.54, 1.807) is 0 Å². The van der Waals surface area contributed by atoms with Crippen LogP contribution < -0.4 is 4.90 Å². The molecule has 11 rings (SSSR count). The smallest absolute Gasteiger partial charge is 0.143 e. The number of furan rings is 1. The molecule has 9 aromatic carbocycles. The summed E-state index contributed by atoms with van der Waals surface area (Å²) in [4.78, 5) is 2.43. The van der Waals surface area contributed by atoms with E-state index < -0.39 is 0 Å². The van der Waals surface area contributed by atoms with Crippen molar-refractivity contribution in [3.63, 3.8) is 0 Å². The summed E-state index contributed by atoms with van der Waals surface area (Å²) in [7, 11) is 0. The van der Waals surface area contributed by atoms with Crippen molar-refractivity contribution in [3.8, 4) is 33.4 Å². The first-order valence-electron chi connectivity index (χ1n) is 18.7. The summed E-state index contributed by atoms with van der Waals surface area (Å²) in [5.41, 5.74) is 12.3. The number of anilines is 3. The Hall–Kier alpha value is -6.94. The second kappa shape index (κ2) is 12.9. The molecule has 0 atom stereocenters. The van der Waals surface area contributed by atoms with Crippen LogP contribution in [-0.2, 0) is 0 Å². The van der Waals surface area contributed by atoms with Gasteiger partial charge in [0.05, 0.1) is 10.4 Å². The van der Waals surface area contributed by atoms with Gasteiger partial charge in [0.15, 0.2) is 0 Å². The number of nitrogens with zero attached hydrogens (tertiary/aromatic N) is 1. The molecule has 2 aromatic heterocycles. The van der Waals surface area contributed by atoms with Crippen molar-refractivity contribution < 1.29 is 4.42 Å². The van der Waals surface area contributed by atoms with Gasteiger partial charge in [-0.2, -0.15) is 0 Å². The molecule has 0 spiro atoms. The summed E-state index contributed by atoms with van der Waals surface area (Å²) in [5.74, 6) is 0. The molecule has 3 heteroatoms. The van der Waals surface area contributed by atoms with E-state index >= 15 is 0 Å². The fraction of sp³-hybridized carbons (Fsp3) is 0. The molecule has 0 fully saturated rings. The van der Waals surface area contributed by atoms with Crippen LogP contribution in [0, 0.1) is 0 Å². The van der Waals surface area contributed by atoms with Crippen LogP contribution in [0.1, 0.15) is 0 Å². The molecule has 0 radical (unpaired) electrons. The van der Waals surface area contributed by atoms with Gasteiger partial charge in [0.25, 0.3) is 0 Å². The highest BCUT2D eigenvalue weighted by Crippen LogP contribution is 2.48. The zero-order valence-electron chi connectivity index (χ0n) is 29.8. The van der Waals surface area contributed by atoms with E-state index in [4.69, 9.17) is 4.42 Å². The van der Waals surface area contributed by atoms with Gasteiger partial charge in [-0.1, -0.05) is 164 Å². The van der Waals surface area contributed by atoms with Crippen molar-refractivity contribution in [2.45, 2.75) is 0 Å². The summed E-state index contributed by atoms with van der Waals surface area (Å²) < 4.78 is 9.01. The van der Waals surface area contributed by atoms with Crippen molar-refractivity contribution >= 4 is 81.3 Å². The lowest BCUT2D eigenvalue weighted by Gasteiger charge is -2.27. The van der Waals surface area contributed by atoms with Gasteiger partial charge in [-0.25, -0.2) is 0 Å². The zero-order chi connectivity index (χ0) is 36.3. The molecule has 0 amide bonds. The largest absolute Gasteiger partial charge is 0.455 e. The normalized spacial score (nSPS) is 11.6. The average Bonchev–Trinajstić information content (AvgIpc) is 3.84. The Morgan fingerprint density at radius 1 is 0.364 bits per heavy atom. The monoisotopic (exact) mass is 719 g/mol. The van der Waals surface area contributed by atoms with E-state index in [1.807, 2.05) is 23.5 Å². The Balaban J connectivity index is 1.11.